The second-order valence-corrected chi connectivity index (χ2v) is 7.93. The van der Waals surface area contributed by atoms with Gasteiger partial charge in [-0.3, -0.25) is 10.1 Å². The molecule has 0 aliphatic rings. The summed E-state index contributed by atoms with van der Waals surface area (Å²) in [5.41, 5.74) is 3.95. The molecular formula is C23H18BrN3O3S. The van der Waals surface area contributed by atoms with Crippen molar-refractivity contribution in [2.24, 2.45) is 0 Å². The van der Waals surface area contributed by atoms with E-state index in [0.29, 0.717) is 28.2 Å². The minimum Gasteiger partial charge on any atom is -0.496 e. The Morgan fingerprint density at radius 2 is 1.90 bits per heavy atom. The molecule has 0 saturated carbocycles. The molecule has 8 heteroatoms. The van der Waals surface area contributed by atoms with Crippen molar-refractivity contribution in [1.82, 2.24) is 15.6 Å². The summed E-state index contributed by atoms with van der Waals surface area (Å²) < 4.78 is 11.7. The lowest BCUT2D eigenvalue weighted by Crippen LogP contribution is -2.38. The van der Waals surface area contributed by atoms with Gasteiger partial charge in [0, 0.05) is 17.7 Å². The van der Waals surface area contributed by atoms with Crippen LogP contribution in [-0.4, -0.2) is 23.1 Å². The molecule has 4 rings (SSSR count). The van der Waals surface area contributed by atoms with Crippen LogP contribution in [0.3, 0.4) is 0 Å². The summed E-state index contributed by atoms with van der Waals surface area (Å²) in [6.07, 6.45) is 0. The van der Waals surface area contributed by atoms with E-state index < -0.39 is 0 Å². The predicted molar refractivity (Wildman–Crippen MR) is 127 cm³/mol. The fraction of sp³-hybridized carbons (Fsp3) is 0.0870. The van der Waals surface area contributed by atoms with Crippen molar-refractivity contribution in [3.63, 3.8) is 0 Å². The van der Waals surface area contributed by atoms with E-state index in [-0.39, 0.29) is 11.0 Å². The summed E-state index contributed by atoms with van der Waals surface area (Å²) in [4.78, 5) is 16.9. The number of halogens is 1. The fourth-order valence-electron chi connectivity index (χ4n) is 2.97. The van der Waals surface area contributed by atoms with E-state index in [1.807, 2.05) is 48.5 Å². The molecule has 0 aliphatic heterocycles. The van der Waals surface area contributed by atoms with Gasteiger partial charge in [0.1, 0.15) is 11.3 Å². The van der Waals surface area contributed by atoms with E-state index in [4.69, 9.17) is 21.4 Å². The highest BCUT2D eigenvalue weighted by atomic mass is 79.9. The Labute approximate surface area is 192 Å². The molecule has 156 valence electrons. The third-order valence-electron chi connectivity index (χ3n) is 4.59. The second-order valence-electron chi connectivity index (χ2n) is 6.67. The predicted octanol–water partition coefficient (Wildman–Crippen LogP) is 5.07. The monoisotopic (exact) mass is 495 g/mol. The third-order valence-corrected chi connectivity index (χ3v) is 5.45. The summed E-state index contributed by atoms with van der Waals surface area (Å²) in [5, 5.41) is 5.97. The molecule has 6 nitrogen and oxygen atoms in total. The SMILES string of the molecule is COc1ccc(C(=O)NC(=S)NCc2ccc(-c3nc4ccccc4o3)cc2)cc1Br. The molecule has 0 aliphatic carbocycles. The highest BCUT2D eigenvalue weighted by Gasteiger charge is 2.11. The number of para-hydroxylation sites is 2. The highest BCUT2D eigenvalue weighted by molar-refractivity contribution is 9.10. The van der Waals surface area contributed by atoms with Gasteiger partial charge in [0.15, 0.2) is 10.7 Å². The summed E-state index contributed by atoms with van der Waals surface area (Å²) in [6, 6.07) is 20.5. The first-order valence-electron chi connectivity index (χ1n) is 9.41. The number of fused-ring (bicyclic) bond motifs is 1. The smallest absolute Gasteiger partial charge is 0.257 e. The van der Waals surface area contributed by atoms with Gasteiger partial charge in [-0.15, -0.1) is 0 Å². The van der Waals surface area contributed by atoms with Crippen LogP contribution < -0.4 is 15.4 Å². The highest BCUT2D eigenvalue weighted by Crippen LogP contribution is 2.26. The number of carbonyl (C=O) groups is 1. The van der Waals surface area contributed by atoms with Gasteiger partial charge in [0.05, 0.1) is 11.6 Å². The van der Waals surface area contributed by atoms with Gasteiger partial charge < -0.3 is 14.5 Å². The Balaban J connectivity index is 1.34. The first-order chi connectivity index (χ1) is 15.0. The number of hydrogen-bond donors (Lipinski definition) is 2. The summed E-state index contributed by atoms with van der Waals surface area (Å²) >= 11 is 8.62. The second kappa shape index (κ2) is 9.28. The van der Waals surface area contributed by atoms with Crippen molar-refractivity contribution in [2.75, 3.05) is 7.11 Å². The lowest BCUT2D eigenvalue weighted by Gasteiger charge is -2.11. The molecular weight excluding hydrogens is 478 g/mol. The average molecular weight is 496 g/mol. The normalized spacial score (nSPS) is 10.6. The van der Waals surface area contributed by atoms with E-state index >= 15 is 0 Å². The van der Waals surface area contributed by atoms with Gasteiger partial charge >= 0.3 is 0 Å². The molecule has 4 aromatic rings. The number of aromatic nitrogens is 1. The molecule has 0 fully saturated rings. The number of nitrogens with zero attached hydrogens (tertiary/aromatic N) is 1. The van der Waals surface area contributed by atoms with Crippen LogP contribution in [0, 0.1) is 0 Å². The Bertz CT molecular complexity index is 1220. The Morgan fingerprint density at radius 3 is 2.61 bits per heavy atom. The maximum absolute atomic E-state index is 12.4. The Hall–Kier alpha value is -3.23. The first kappa shape index (κ1) is 21.0. The minimum absolute atomic E-state index is 0.250. The number of amides is 1. The number of carbonyl (C=O) groups excluding carboxylic acids is 1. The zero-order valence-corrected chi connectivity index (χ0v) is 18.9. The van der Waals surface area contributed by atoms with E-state index in [0.717, 1.165) is 22.2 Å². The Morgan fingerprint density at radius 1 is 1.13 bits per heavy atom. The van der Waals surface area contributed by atoms with Gasteiger partial charge in [0.25, 0.3) is 5.91 Å². The summed E-state index contributed by atoms with van der Waals surface area (Å²) in [7, 11) is 1.57. The van der Waals surface area contributed by atoms with Gasteiger partial charge in [-0.05, 0) is 76.2 Å². The molecule has 1 amide bonds. The summed E-state index contributed by atoms with van der Waals surface area (Å²) in [6.45, 7) is 0.471. The van der Waals surface area contributed by atoms with Gasteiger partial charge in [-0.25, -0.2) is 4.98 Å². The largest absolute Gasteiger partial charge is 0.496 e. The first-order valence-corrected chi connectivity index (χ1v) is 10.6. The van der Waals surface area contributed by atoms with Crippen LogP contribution in [0.5, 0.6) is 5.75 Å². The standard InChI is InChI=1S/C23H18BrN3O3S/c1-29-19-11-10-16(12-17(19)24)21(28)27-23(31)25-13-14-6-8-15(9-7-14)22-26-18-4-2-3-5-20(18)30-22/h2-12H,13H2,1H3,(H2,25,27,28,31). The van der Waals surface area contributed by atoms with Crippen LogP contribution in [0.1, 0.15) is 15.9 Å². The lowest BCUT2D eigenvalue weighted by atomic mass is 10.1. The number of oxazole rings is 1. The number of rotatable bonds is 5. The van der Waals surface area contributed by atoms with E-state index in [1.165, 1.54) is 0 Å². The molecule has 0 unspecified atom stereocenters. The lowest BCUT2D eigenvalue weighted by molar-refractivity contribution is 0.0976. The molecule has 0 bridgehead atoms. The average Bonchev–Trinajstić information content (AvgIpc) is 3.22. The molecule has 1 aromatic heterocycles. The molecule has 0 radical (unpaired) electrons. The maximum Gasteiger partial charge on any atom is 0.257 e. The molecule has 0 spiro atoms. The maximum atomic E-state index is 12.4. The zero-order valence-electron chi connectivity index (χ0n) is 16.5. The quantitative estimate of drug-likeness (QED) is 0.376. The van der Waals surface area contributed by atoms with Crippen LogP contribution in [0.25, 0.3) is 22.6 Å². The molecule has 1 heterocycles. The number of thiocarbonyl (C=S) groups is 1. The minimum atomic E-state index is -0.299. The van der Waals surface area contributed by atoms with Gasteiger partial charge in [-0.1, -0.05) is 24.3 Å². The van der Waals surface area contributed by atoms with Crippen molar-refractivity contribution < 1.29 is 13.9 Å². The number of benzene rings is 3. The van der Waals surface area contributed by atoms with Crippen molar-refractivity contribution >= 4 is 50.3 Å². The van der Waals surface area contributed by atoms with E-state index in [2.05, 4.69) is 31.5 Å². The van der Waals surface area contributed by atoms with Crippen LogP contribution in [0.15, 0.2) is 75.6 Å². The van der Waals surface area contributed by atoms with Crippen LogP contribution in [0.4, 0.5) is 0 Å². The van der Waals surface area contributed by atoms with Crippen molar-refractivity contribution in [1.29, 1.82) is 0 Å². The number of nitrogens with one attached hydrogen (secondary N) is 2. The van der Waals surface area contributed by atoms with Crippen molar-refractivity contribution in [3.8, 4) is 17.2 Å². The van der Waals surface area contributed by atoms with Crippen molar-refractivity contribution in [3.05, 3.63) is 82.3 Å². The molecule has 0 saturated heterocycles. The number of methoxy groups -OCH3 is 1. The van der Waals surface area contributed by atoms with E-state index in [9.17, 15) is 4.79 Å². The third kappa shape index (κ3) is 4.92. The van der Waals surface area contributed by atoms with Crippen LogP contribution in [0.2, 0.25) is 0 Å². The van der Waals surface area contributed by atoms with Crippen molar-refractivity contribution in [2.45, 2.75) is 6.54 Å². The Kier molecular flexibility index (Phi) is 6.29. The van der Waals surface area contributed by atoms with Gasteiger partial charge in [0.2, 0.25) is 5.89 Å². The zero-order chi connectivity index (χ0) is 21.8. The van der Waals surface area contributed by atoms with Crippen LogP contribution >= 0.6 is 28.1 Å². The molecule has 0 atom stereocenters. The molecule has 3 aromatic carbocycles. The number of hydrogen-bond acceptors (Lipinski definition) is 5. The topological polar surface area (TPSA) is 76.4 Å². The number of ether oxygens (including phenoxy) is 1. The fourth-order valence-corrected chi connectivity index (χ4v) is 3.68. The molecule has 31 heavy (non-hydrogen) atoms. The van der Waals surface area contributed by atoms with E-state index in [1.54, 1.807) is 25.3 Å². The van der Waals surface area contributed by atoms with Gasteiger partial charge in [-0.2, -0.15) is 0 Å². The van der Waals surface area contributed by atoms with Crippen LogP contribution in [-0.2, 0) is 6.54 Å². The summed E-state index contributed by atoms with van der Waals surface area (Å²) in [5.74, 6) is 0.930. The molecule has 2 N–H and O–H groups in total.